The molecule has 0 radical (unpaired) electrons. The van der Waals surface area contributed by atoms with Gasteiger partial charge in [-0.1, -0.05) is 26.0 Å². The highest BCUT2D eigenvalue weighted by molar-refractivity contribution is 5.16. The topological polar surface area (TPSA) is 15.3 Å². The predicted molar refractivity (Wildman–Crippen MR) is 72.9 cm³/mol. The Kier molecular flexibility index (Phi) is 4.72. The summed E-state index contributed by atoms with van der Waals surface area (Å²) >= 11 is 0. The molecule has 0 aliphatic carbocycles. The monoisotopic (exact) mass is 250 g/mol. The van der Waals surface area contributed by atoms with Crippen molar-refractivity contribution in [3.8, 4) is 0 Å². The summed E-state index contributed by atoms with van der Waals surface area (Å²) in [6, 6.07) is 7.49. The summed E-state index contributed by atoms with van der Waals surface area (Å²) in [4.78, 5) is 2.43. The van der Waals surface area contributed by atoms with Crippen molar-refractivity contribution in [2.75, 3.05) is 19.6 Å². The highest BCUT2D eigenvalue weighted by atomic mass is 19.1. The number of hydrogen-bond acceptors (Lipinski definition) is 2. The maximum Gasteiger partial charge on any atom is 0.123 e. The Morgan fingerprint density at radius 3 is 3.00 bits per heavy atom. The Morgan fingerprint density at radius 2 is 2.28 bits per heavy atom. The Balaban J connectivity index is 1.99. The molecule has 1 saturated heterocycles. The standard InChI is InChI=1S/C15H23FN2/c1-12(2)15-11-18(8-4-7-17-15)10-13-5-3-6-14(16)9-13/h3,5-6,9,12,15,17H,4,7-8,10-11H2,1-2H3. The molecular formula is C15H23FN2. The highest BCUT2D eigenvalue weighted by Crippen LogP contribution is 2.13. The van der Waals surface area contributed by atoms with Gasteiger partial charge in [-0.25, -0.2) is 4.39 Å². The molecule has 0 saturated carbocycles. The number of benzene rings is 1. The van der Waals surface area contributed by atoms with Crippen LogP contribution in [0, 0.1) is 11.7 Å². The average Bonchev–Trinajstić information content (AvgIpc) is 2.55. The lowest BCUT2D eigenvalue weighted by Crippen LogP contribution is -2.41. The van der Waals surface area contributed by atoms with Crippen molar-refractivity contribution < 1.29 is 4.39 Å². The van der Waals surface area contributed by atoms with Crippen LogP contribution < -0.4 is 5.32 Å². The van der Waals surface area contributed by atoms with Crippen LogP contribution in [0.2, 0.25) is 0 Å². The van der Waals surface area contributed by atoms with Crippen molar-refractivity contribution in [1.29, 1.82) is 0 Å². The van der Waals surface area contributed by atoms with Crippen LogP contribution in [0.5, 0.6) is 0 Å². The van der Waals surface area contributed by atoms with Gasteiger partial charge in [0.25, 0.3) is 0 Å². The second kappa shape index (κ2) is 6.30. The van der Waals surface area contributed by atoms with E-state index in [0.717, 1.165) is 31.7 Å². The van der Waals surface area contributed by atoms with E-state index in [-0.39, 0.29) is 5.82 Å². The van der Waals surface area contributed by atoms with Crippen LogP contribution in [0.4, 0.5) is 4.39 Å². The Morgan fingerprint density at radius 1 is 1.44 bits per heavy atom. The molecule has 0 spiro atoms. The van der Waals surface area contributed by atoms with Crippen LogP contribution in [0.1, 0.15) is 25.8 Å². The van der Waals surface area contributed by atoms with Gasteiger partial charge in [-0.05, 0) is 43.1 Å². The SMILES string of the molecule is CC(C)C1CN(Cc2cccc(F)c2)CCCN1. The fourth-order valence-corrected chi connectivity index (χ4v) is 2.51. The molecule has 1 unspecified atom stereocenters. The summed E-state index contributed by atoms with van der Waals surface area (Å²) < 4.78 is 13.2. The van der Waals surface area contributed by atoms with Gasteiger partial charge in [0.2, 0.25) is 0 Å². The molecule has 2 rings (SSSR count). The first-order chi connectivity index (χ1) is 8.65. The summed E-state index contributed by atoms with van der Waals surface area (Å²) in [5.74, 6) is 0.499. The minimum Gasteiger partial charge on any atom is -0.312 e. The minimum absolute atomic E-state index is 0.138. The first-order valence-corrected chi connectivity index (χ1v) is 6.85. The molecule has 0 bridgehead atoms. The molecule has 1 heterocycles. The molecule has 1 aromatic carbocycles. The minimum atomic E-state index is -0.138. The Bertz CT molecular complexity index is 379. The third kappa shape index (κ3) is 3.79. The van der Waals surface area contributed by atoms with Gasteiger partial charge >= 0.3 is 0 Å². The molecule has 1 aliphatic heterocycles. The van der Waals surface area contributed by atoms with Crippen LogP contribution in [0.15, 0.2) is 24.3 Å². The van der Waals surface area contributed by atoms with Crippen LogP contribution in [0.25, 0.3) is 0 Å². The van der Waals surface area contributed by atoms with Gasteiger partial charge in [-0.2, -0.15) is 0 Å². The highest BCUT2D eigenvalue weighted by Gasteiger charge is 2.20. The van der Waals surface area contributed by atoms with Crippen molar-refractivity contribution in [2.45, 2.75) is 32.9 Å². The fraction of sp³-hybridized carbons (Fsp3) is 0.600. The van der Waals surface area contributed by atoms with Gasteiger partial charge in [0.15, 0.2) is 0 Å². The molecule has 1 aliphatic rings. The maximum absolute atomic E-state index is 13.2. The average molecular weight is 250 g/mol. The molecule has 0 aromatic heterocycles. The normalized spacial score (nSPS) is 22.1. The second-order valence-corrected chi connectivity index (χ2v) is 5.52. The lowest BCUT2D eigenvalue weighted by atomic mass is 10.0. The van der Waals surface area contributed by atoms with Crippen LogP contribution >= 0.6 is 0 Å². The number of nitrogens with zero attached hydrogens (tertiary/aromatic N) is 1. The molecule has 0 amide bonds. The molecule has 3 heteroatoms. The van der Waals surface area contributed by atoms with Crippen molar-refractivity contribution >= 4 is 0 Å². The zero-order chi connectivity index (χ0) is 13.0. The summed E-state index contributed by atoms with van der Waals surface area (Å²) in [5, 5.41) is 3.59. The molecule has 1 atom stereocenters. The lowest BCUT2D eigenvalue weighted by Gasteiger charge is -2.26. The second-order valence-electron chi connectivity index (χ2n) is 5.52. The van der Waals surface area contributed by atoms with Gasteiger partial charge in [-0.3, -0.25) is 4.90 Å². The third-order valence-corrected chi connectivity index (χ3v) is 3.61. The van der Waals surface area contributed by atoms with Gasteiger partial charge in [-0.15, -0.1) is 0 Å². The van der Waals surface area contributed by atoms with E-state index in [4.69, 9.17) is 0 Å². The van der Waals surface area contributed by atoms with E-state index in [1.54, 1.807) is 12.1 Å². The van der Waals surface area contributed by atoms with Crippen molar-refractivity contribution in [3.05, 3.63) is 35.6 Å². The van der Waals surface area contributed by atoms with Gasteiger partial charge < -0.3 is 5.32 Å². The molecule has 100 valence electrons. The van der Waals surface area contributed by atoms with E-state index < -0.39 is 0 Å². The molecule has 1 N–H and O–H groups in total. The molecule has 1 fully saturated rings. The summed E-state index contributed by atoms with van der Waals surface area (Å²) in [6.45, 7) is 8.58. The Hall–Kier alpha value is -0.930. The molecule has 1 aromatic rings. The molecule has 2 nitrogen and oxygen atoms in total. The van der Waals surface area contributed by atoms with Gasteiger partial charge in [0, 0.05) is 19.1 Å². The summed E-state index contributed by atoms with van der Waals surface area (Å²) in [5.41, 5.74) is 1.07. The zero-order valence-corrected chi connectivity index (χ0v) is 11.3. The number of hydrogen-bond donors (Lipinski definition) is 1. The van der Waals surface area contributed by atoms with Crippen molar-refractivity contribution in [1.82, 2.24) is 10.2 Å². The van der Waals surface area contributed by atoms with Gasteiger partial charge in [0.05, 0.1) is 0 Å². The van der Waals surface area contributed by atoms with Crippen LogP contribution in [-0.2, 0) is 6.54 Å². The maximum atomic E-state index is 13.2. The van der Waals surface area contributed by atoms with Gasteiger partial charge in [0.1, 0.15) is 5.82 Å². The van der Waals surface area contributed by atoms with E-state index in [0.29, 0.717) is 12.0 Å². The summed E-state index contributed by atoms with van der Waals surface area (Å²) in [6.07, 6.45) is 1.17. The first-order valence-electron chi connectivity index (χ1n) is 6.85. The van der Waals surface area contributed by atoms with Crippen molar-refractivity contribution in [2.24, 2.45) is 5.92 Å². The molecule has 18 heavy (non-hydrogen) atoms. The lowest BCUT2D eigenvalue weighted by molar-refractivity contribution is 0.238. The van der Waals surface area contributed by atoms with Crippen molar-refractivity contribution in [3.63, 3.8) is 0 Å². The predicted octanol–water partition coefficient (Wildman–Crippen LogP) is 2.65. The van der Waals surface area contributed by atoms with Crippen LogP contribution in [0.3, 0.4) is 0 Å². The zero-order valence-electron chi connectivity index (χ0n) is 11.3. The largest absolute Gasteiger partial charge is 0.312 e. The fourth-order valence-electron chi connectivity index (χ4n) is 2.51. The number of nitrogens with one attached hydrogen (secondary N) is 1. The van der Waals surface area contributed by atoms with E-state index in [2.05, 4.69) is 24.1 Å². The Labute approximate surface area is 109 Å². The van der Waals surface area contributed by atoms with E-state index in [1.807, 2.05) is 6.07 Å². The van der Waals surface area contributed by atoms with Crippen LogP contribution in [-0.4, -0.2) is 30.6 Å². The summed E-state index contributed by atoms with van der Waals surface area (Å²) in [7, 11) is 0. The van der Waals surface area contributed by atoms with E-state index in [1.165, 1.54) is 12.5 Å². The number of halogens is 1. The molecular weight excluding hydrogens is 227 g/mol. The third-order valence-electron chi connectivity index (χ3n) is 3.61. The first kappa shape index (κ1) is 13.5. The smallest absolute Gasteiger partial charge is 0.123 e. The number of rotatable bonds is 3. The van der Waals surface area contributed by atoms with E-state index >= 15 is 0 Å². The van der Waals surface area contributed by atoms with E-state index in [9.17, 15) is 4.39 Å². The quantitative estimate of drug-likeness (QED) is 0.887.